The van der Waals surface area contributed by atoms with Crippen molar-refractivity contribution in [2.24, 2.45) is 5.92 Å². The summed E-state index contributed by atoms with van der Waals surface area (Å²) in [5.74, 6) is 0.198. The number of hydrogen-bond acceptors (Lipinski definition) is 1. The van der Waals surface area contributed by atoms with Crippen molar-refractivity contribution < 1.29 is 4.79 Å². The summed E-state index contributed by atoms with van der Waals surface area (Å²) in [6, 6.07) is 0. The van der Waals surface area contributed by atoms with E-state index in [-0.39, 0.29) is 5.92 Å². The van der Waals surface area contributed by atoms with Gasteiger partial charge in [0.2, 0.25) is 6.29 Å². The average molecular weight is 518 g/mol. The van der Waals surface area contributed by atoms with Crippen molar-refractivity contribution in [2.75, 3.05) is 0 Å². The number of unbranched alkanes of at least 4 members (excludes halogenated alkanes) is 25. The van der Waals surface area contributed by atoms with E-state index in [0.29, 0.717) is 0 Å². The fourth-order valence-corrected chi connectivity index (χ4v) is 5.49. The molecule has 1 unspecified atom stereocenters. The largest absolute Gasteiger partial charge is 0.291 e. The van der Waals surface area contributed by atoms with E-state index in [1.807, 2.05) is 0 Å². The minimum Gasteiger partial charge on any atom is -0.291 e. The topological polar surface area (TPSA) is 17.1 Å². The van der Waals surface area contributed by atoms with Gasteiger partial charge >= 0.3 is 0 Å². The van der Waals surface area contributed by atoms with Gasteiger partial charge in [-0.15, -0.1) is 0 Å². The van der Waals surface area contributed by atoms with Crippen LogP contribution in [0.2, 0.25) is 0 Å². The van der Waals surface area contributed by atoms with Gasteiger partial charge < -0.3 is 0 Å². The van der Waals surface area contributed by atoms with Gasteiger partial charge in [-0.05, 0) is 38.5 Å². The van der Waals surface area contributed by atoms with E-state index in [4.69, 9.17) is 0 Å². The van der Waals surface area contributed by atoms with Crippen molar-refractivity contribution >= 4 is 6.29 Å². The molecule has 0 rings (SSSR count). The van der Waals surface area contributed by atoms with E-state index < -0.39 is 0 Å². The van der Waals surface area contributed by atoms with Gasteiger partial charge in [0.1, 0.15) is 0 Å². The van der Waals surface area contributed by atoms with Crippen LogP contribution in [0.15, 0.2) is 12.2 Å². The molecule has 1 nitrogen and oxygen atoms in total. The molecule has 219 valence electrons. The third-order valence-corrected chi connectivity index (χ3v) is 8.14. The molecule has 0 aliphatic carbocycles. The van der Waals surface area contributed by atoms with Crippen LogP contribution in [0.5, 0.6) is 0 Å². The smallest absolute Gasteiger partial charge is 0.201 e. The Morgan fingerprint density at radius 2 is 0.676 bits per heavy atom. The zero-order chi connectivity index (χ0) is 26.9. The molecule has 0 fully saturated rings. The first-order valence-corrected chi connectivity index (χ1v) is 17.4. The minimum atomic E-state index is 0.198. The van der Waals surface area contributed by atoms with Crippen LogP contribution in [0, 0.1) is 5.92 Å². The molecule has 0 aromatic heterocycles. The lowest BCUT2D eigenvalue weighted by Crippen LogP contribution is -2.02. The van der Waals surface area contributed by atoms with Gasteiger partial charge in [-0.3, -0.25) is 4.79 Å². The van der Waals surface area contributed by atoms with Crippen LogP contribution in [-0.4, -0.2) is 6.29 Å². The Bertz CT molecular complexity index is 440. The molecule has 0 aromatic rings. The summed E-state index contributed by atoms with van der Waals surface area (Å²) in [5.41, 5.74) is 0. The molecule has 0 bridgehead atoms. The molecule has 37 heavy (non-hydrogen) atoms. The Balaban J connectivity index is 3.31. The molecule has 1 atom stereocenters. The third kappa shape index (κ3) is 31.5. The highest BCUT2D eigenvalue weighted by Crippen LogP contribution is 2.18. The molecule has 1 heteroatoms. The molecular weight excluding hydrogens is 448 g/mol. The van der Waals surface area contributed by atoms with Gasteiger partial charge in [-0.1, -0.05) is 180 Å². The van der Waals surface area contributed by atoms with Gasteiger partial charge in [0.15, 0.2) is 0 Å². The van der Waals surface area contributed by atoms with E-state index in [1.165, 1.54) is 180 Å². The van der Waals surface area contributed by atoms with Crippen LogP contribution in [0.3, 0.4) is 0 Å². The summed E-state index contributed by atoms with van der Waals surface area (Å²) >= 11 is 0. The molecule has 0 heterocycles. The first-order chi connectivity index (χ1) is 18.3. The number of hydrogen-bond donors (Lipinski definition) is 0. The lowest BCUT2D eigenvalue weighted by molar-refractivity contribution is 0.451. The van der Waals surface area contributed by atoms with Gasteiger partial charge in [-0.2, -0.15) is 0 Å². The summed E-state index contributed by atoms with van der Waals surface area (Å²) in [6.07, 6.45) is 47.7. The van der Waals surface area contributed by atoms with E-state index in [1.54, 1.807) is 0 Å². The highest BCUT2D eigenvalue weighted by Gasteiger charge is 2.07. The Morgan fingerprint density at radius 1 is 0.405 bits per heavy atom. The van der Waals surface area contributed by atoms with Crippen LogP contribution in [0.4, 0.5) is 0 Å². The SMILES string of the molecule is CCCCCCCC/C=C\CCCCCCC([C]=O)CCCCCCCCCCCCCCCCCC. The third-order valence-electron chi connectivity index (χ3n) is 8.14. The highest BCUT2D eigenvalue weighted by atomic mass is 16.1. The maximum absolute atomic E-state index is 11.3. The molecule has 0 saturated carbocycles. The first kappa shape index (κ1) is 36.4. The summed E-state index contributed by atoms with van der Waals surface area (Å²) in [4.78, 5) is 11.3. The van der Waals surface area contributed by atoms with Crippen molar-refractivity contribution in [3.8, 4) is 0 Å². The fraction of sp³-hybridized carbons (Fsp3) is 0.917. The molecule has 0 aliphatic heterocycles. The Morgan fingerprint density at radius 3 is 0.973 bits per heavy atom. The maximum Gasteiger partial charge on any atom is 0.201 e. The second-order valence-electron chi connectivity index (χ2n) is 11.9. The summed E-state index contributed by atoms with van der Waals surface area (Å²) < 4.78 is 0. The standard InChI is InChI=1S/C36H69O/c1-3-5-7-9-11-13-15-17-19-20-22-24-26-28-30-32-34-36(35-37)33-31-29-27-25-23-21-18-16-14-12-10-8-6-4-2/h18,21,36H,3-17,19-20,22-34H2,1-2H3/b21-18-. The molecule has 0 aliphatic rings. The quantitative estimate of drug-likeness (QED) is 0.0640. The van der Waals surface area contributed by atoms with Crippen molar-refractivity contribution in [1.29, 1.82) is 0 Å². The second-order valence-corrected chi connectivity index (χ2v) is 11.9. The van der Waals surface area contributed by atoms with Gasteiger partial charge in [0, 0.05) is 5.92 Å². The van der Waals surface area contributed by atoms with Crippen LogP contribution in [-0.2, 0) is 4.79 Å². The van der Waals surface area contributed by atoms with Crippen molar-refractivity contribution in [1.82, 2.24) is 0 Å². The molecule has 0 aromatic carbocycles. The highest BCUT2D eigenvalue weighted by molar-refractivity contribution is 5.54. The fourth-order valence-electron chi connectivity index (χ4n) is 5.49. The Labute approximate surface area is 235 Å². The molecular formula is C36H69O. The molecule has 1 radical (unpaired) electrons. The van der Waals surface area contributed by atoms with Gasteiger partial charge in [0.25, 0.3) is 0 Å². The lowest BCUT2D eigenvalue weighted by atomic mass is 9.95. The van der Waals surface area contributed by atoms with Crippen LogP contribution in [0.25, 0.3) is 0 Å². The van der Waals surface area contributed by atoms with Crippen LogP contribution < -0.4 is 0 Å². The second kappa shape index (κ2) is 33.4. The minimum absolute atomic E-state index is 0.198. The van der Waals surface area contributed by atoms with E-state index in [0.717, 1.165) is 12.8 Å². The maximum atomic E-state index is 11.3. The zero-order valence-corrected chi connectivity index (χ0v) is 25.9. The molecule has 0 amide bonds. The summed E-state index contributed by atoms with van der Waals surface area (Å²) in [6.45, 7) is 4.58. The Hall–Kier alpha value is -0.590. The van der Waals surface area contributed by atoms with Crippen molar-refractivity contribution in [2.45, 2.75) is 206 Å². The Kier molecular flexibility index (Phi) is 32.9. The van der Waals surface area contributed by atoms with Gasteiger partial charge in [0.05, 0.1) is 0 Å². The summed E-state index contributed by atoms with van der Waals surface area (Å²) in [7, 11) is 0. The molecule has 0 spiro atoms. The van der Waals surface area contributed by atoms with E-state index in [2.05, 4.69) is 32.3 Å². The van der Waals surface area contributed by atoms with E-state index >= 15 is 0 Å². The first-order valence-electron chi connectivity index (χ1n) is 17.4. The summed E-state index contributed by atoms with van der Waals surface area (Å²) in [5, 5.41) is 0. The number of carbonyl (C=O) groups excluding carboxylic acids is 1. The van der Waals surface area contributed by atoms with E-state index in [9.17, 15) is 4.79 Å². The van der Waals surface area contributed by atoms with Crippen LogP contribution >= 0.6 is 0 Å². The van der Waals surface area contributed by atoms with Crippen LogP contribution in [0.1, 0.15) is 206 Å². The predicted molar refractivity (Wildman–Crippen MR) is 168 cm³/mol. The average Bonchev–Trinajstić information content (AvgIpc) is 2.91. The monoisotopic (exact) mass is 518 g/mol. The number of rotatable bonds is 32. The predicted octanol–water partition coefficient (Wildman–Crippen LogP) is 13.0. The number of allylic oxidation sites excluding steroid dienone is 2. The lowest BCUT2D eigenvalue weighted by Gasteiger charge is -2.09. The zero-order valence-electron chi connectivity index (χ0n) is 25.9. The van der Waals surface area contributed by atoms with Gasteiger partial charge in [-0.25, -0.2) is 0 Å². The molecule has 0 N–H and O–H groups in total. The normalized spacial score (nSPS) is 12.5. The van der Waals surface area contributed by atoms with Crippen molar-refractivity contribution in [3.63, 3.8) is 0 Å². The molecule has 0 saturated heterocycles. The van der Waals surface area contributed by atoms with Crippen molar-refractivity contribution in [3.05, 3.63) is 12.2 Å².